The van der Waals surface area contributed by atoms with Gasteiger partial charge in [0.2, 0.25) is 0 Å². The quantitative estimate of drug-likeness (QED) is 0.708. The molecule has 3 aliphatic carbocycles. The Bertz CT molecular complexity index is 397. The minimum Gasteiger partial charge on any atom is -0.481 e. The van der Waals surface area contributed by atoms with Crippen LogP contribution in [0.3, 0.4) is 0 Å². The Kier molecular flexibility index (Phi) is 5.37. The lowest BCUT2D eigenvalue weighted by Crippen LogP contribution is -2.47. The van der Waals surface area contributed by atoms with Crippen molar-refractivity contribution >= 4 is 17.6 Å². The molecule has 0 aliphatic heterocycles. The summed E-state index contributed by atoms with van der Waals surface area (Å²) >= 11 is 6.60. The number of halogens is 1. The summed E-state index contributed by atoms with van der Waals surface area (Å²) < 4.78 is 0. The minimum absolute atomic E-state index is 0.130. The maximum Gasteiger partial charge on any atom is 0.308 e. The second-order valence-electron chi connectivity index (χ2n) is 8.12. The fraction of sp³-hybridized carbons (Fsp3) is 0.947. The third kappa shape index (κ3) is 3.18. The van der Waals surface area contributed by atoms with Crippen molar-refractivity contribution in [1.82, 2.24) is 0 Å². The number of hydrogen-bond donors (Lipinski definition) is 1. The zero-order chi connectivity index (χ0) is 15.7. The molecule has 3 rings (SSSR count). The number of unbranched alkanes of at least 4 members (excludes halogenated alkanes) is 1. The highest BCUT2D eigenvalue weighted by atomic mass is 35.5. The van der Waals surface area contributed by atoms with E-state index in [1.54, 1.807) is 0 Å². The normalized spacial score (nSPS) is 44.9. The highest BCUT2D eigenvalue weighted by molar-refractivity contribution is 6.22. The van der Waals surface area contributed by atoms with Crippen LogP contribution in [0.15, 0.2) is 0 Å². The Hall–Kier alpha value is -0.240. The molecule has 0 aromatic carbocycles. The Labute approximate surface area is 140 Å². The molecule has 0 saturated heterocycles. The molecule has 0 amide bonds. The molecule has 3 aliphatic rings. The van der Waals surface area contributed by atoms with Crippen LogP contribution in [0.5, 0.6) is 0 Å². The van der Waals surface area contributed by atoms with Gasteiger partial charge in [0.1, 0.15) is 0 Å². The molecule has 1 N–H and O–H groups in total. The van der Waals surface area contributed by atoms with Gasteiger partial charge in [-0.1, -0.05) is 32.6 Å². The van der Waals surface area contributed by atoms with Gasteiger partial charge in [-0.05, 0) is 68.1 Å². The lowest BCUT2D eigenvalue weighted by atomic mass is 9.55. The Morgan fingerprint density at radius 3 is 2.50 bits per heavy atom. The first-order valence-corrected chi connectivity index (χ1v) is 9.92. The van der Waals surface area contributed by atoms with E-state index in [9.17, 15) is 9.90 Å². The van der Waals surface area contributed by atoms with Gasteiger partial charge in [-0.3, -0.25) is 4.79 Å². The second-order valence-corrected chi connectivity index (χ2v) is 8.62. The number of carboxylic acids is 1. The van der Waals surface area contributed by atoms with E-state index in [0.717, 1.165) is 30.6 Å². The SMILES string of the molecule is CCCCC1CCC2C(CCC3C(Cl)C(C(=O)O)CCC23)C1. The lowest BCUT2D eigenvalue weighted by molar-refractivity contribution is -0.144. The number of carbonyl (C=O) groups is 1. The third-order valence-corrected chi connectivity index (χ3v) is 7.64. The van der Waals surface area contributed by atoms with E-state index in [0.29, 0.717) is 11.8 Å². The van der Waals surface area contributed by atoms with Crippen LogP contribution in [-0.4, -0.2) is 16.5 Å². The van der Waals surface area contributed by atoms with E-state index < -0.39 is 5.97 Å². The van der Waals surface area contributed by atoms with Crippen LogP contribution in [-0.2, 0) is 4.79 Å². The zero-order valence-corrected chi connectivity index (χ0v) is 14.6. The molecule has 0 spiro atoms. The average molecular weight is 327 g/mol. The van der Waals surface area contributed by atoms with Crippen LogP contribution in [0.1, 0.15) is 71.1 Å². The van der Waals surface area contributed by atoms with Crippen LogP contribution >= 0.6 is 11.6 Å². The number of aliphatic carboxylic acids is 1. The second kappa shape index (κ2) is 7.11. The van der Waals surface area contributed by atoms with Gasteiger partial charge >= 0.3 is 5.97 Å². The summed E-state index contributed by atoms with van der Waals surface area (Å²) in [5.41, 5.74) is 0. The first-order valence-electron chi connectivity index (χ1n) is 9.48. The van der Waals surface area contributed by atoms with Crippen molar-refractivity contribution in [1.29, 1.82) is 0 Å². The summed E-state index contributed by atoms with van der Waals surface area (Å²) in [6.07, 6.45) is 12.7. The summed E-state index contributed by atoms with van der Waals surface area (Å²) in [7, 11) is 0. The highest BCUT2D eigenvalue weighted by Gasteiger charge is 2.49. The van der Waals surface area contributed by atoms with E-state index in [1.807, 2.05) is 0 Å². The maximum atomic E-state index is 11.4. The molecule has 0 aromatic rings. The highest BCUT2D eigenvalue weighted by Crippen LogP contribution is 2.54. The van der Waals surface area contributed by atoms with Crippen LogP contribution in [0.25, 0.3) is 0 Å². The summed E-state index contributed by atoms with van der Waals surface area (Å²) in [5.74, 6) is 2.90. The predicted octanol–water partition coefficient (Wildman–Crippen LogP) is 5.34. The first-order chi connectivity index (χ1) is 10.6. The molecule has 3 saturated carbocycles. The molecule has 0 heterocycles. The number of carboxylic acid groups (broad SMARTS) is 1. The maximum absolute atomic E-state index is 11.4. The van der Waals surface area contributed by atoms with Crippen molar-refractivity contribution in [2.75, 3.05) is 0 Å². The molecule has 2 nitrogen and oxygen atoms in total. The number of hydrogen-bond acceptors (Lipinski definition) is 1. The fourth-order valence-electron chi connectivity index (χ4n) is 5.89. The number of rotatable bonds is 4. The van der Waals surface area contributed by atoms with Gasteiger partial charge in [-0.2, -0.15) is 0 Å². The third-order valence-electron chi connectivity index (χ3n) is 7.01. The molecule has 3 heteroatoms. The smallest absolute Gasteiger partial charge is 0.308 e. The lowest BCUT2D eigenvalue weighted by Gasteiger charge is -2.52. The van der Waals surface area contributed by atoms with Gasteiger partial charge in [-0.25, -0.2) is 0 Å². The van der Waals surface area contributed by atoms with Crippen molar-refractivity contribution in [2.45, 2.75) is 76.5 Å². The van der Waals surface area contributed by atoms with Crippen LogP contribution in [0.4, 0.5) is 0 Å². The van der Waals surface area contributed by atoms with Crippen molar-refractivity contribution < 1.29 is 9.90 Å². The van der Waals surface area contributed by atoms with Gasteiger partial charge in [0.25, 0.3) is 0 Å². The van der Waals surface area contributed by atoms with Crippen molar-refractivity contribution in [2.24, 2.45) is 35.5 Å². The molecular weight excluding hydrogens is 296 g/mol. The van der Waals surface area contributed by atoms with Crippen LogP contribution in [0, 0.1) is 35.5 Å². The Balaban J connectivity index is 1.63. The van der Waals surface area contributed by atoms with E-state index in [2.05, 4.69) is 6.92 Å². The van der Waals surface area contributed by atoms with Gasteiger partial charge in [0, 0.05) is 5.38 Å². The molecule has 126 valence electrons. The summed E-state index contributed by atoms with van der Waals surface area (Å²) in [5, 5.41) is 9.23. The summed E-state index contributed by atoms with van der Waals surface area (Å²) in [6, 6.07) is 0. The molecule has 0 bridgehead atoms. The van der Waals surface area contributed by atoms with E-state index >= 15 is 0 Å². The minimum atomic E-state index is -0.677. The van der Waals surface area contributed by atoms with Crippen LogP contribution in [0.2, 0.25) is 0 Å². The topological polar surface area (TPSA) is 37.3 Å². The Morgan fingerprint density at radius 2 is 1.77 bits per heavy atom. The van der Waals surface area contributed by atoms with Gasteiger partial charge in [0.15, 0.2) is 0 Å². The predicted molar refractivity (Wildman–Crippen MR) is 90.1 cm³/mol. The number of alkyl halides is 1. The van der Waals surface area contributed by atoms with Crippen molar-refractivity contribution in [3.8, 4) is 0 Å². The van der Waals surface area contributed by atoms with Crippen molar-refractivity contribution in [3.05, 3.63) is 0 Å². The Morgan fingerprint density at radius 1 is 1.05 bits per heavy atom. The molecular formula is C19H31ClO2. The molecule has 0 radical (unpaired) electrons. The molecule has 0 aromatic heterocycles. The van der Waals surface area contributed by atoms with Crippen LogP contribution < -0.4 is 0 Å². The van der Waals surface area contributed by atoms with Gasteiger partial charge in [-0.15, -0.1) is 11.6 Å². The molecule has 22 heavy (non-hydrogen) atoms. The van der Waals surface area contributed by atoms with E-state index in [4.69, 9.17) is 11.6 Å². The molecule has 7 atom stereocenters. The van der Waals surface area contributed by atoms with Crippen molar-refractivity contribution in [3.63, 3.8) is 0 Å². The first kappa shape index (κ1) is 16.6. The summed E-state index contributed by atoms with van der Waals surface area (Å²) in [6.45, 7) is 2.29. The zero-order valence-electron chi connectivity index (χ0n) is 13.8. The average Bonchev–Trinajstić information content (AvgIpc) is 2.52. The molecule has 7 unspecified atom stereocenters. The van der Waals surface area contributed by atoms with Gasteiger partial charge < -0.3 is 5.11 Å². The van der Waals surface area contributed by atoms with Gasteiger partial charge in [0.05, 0.1) is 5.92 Å². The largest absolute Gasteiger partial charge is 0.481 e. The monoisotopic (exact) mass is 326 g/mol. The standard InChI is InChI=1S/C19H31ClO2/c1-2-3-4-12-5-7-14-13(11-12)6-8-16-15(14)9-10-17(18(16)20)19(21)22/h12-18H,2-11H2,1H3,(H,21,22). The number of fused-ring (bicyclic) bond motifs is 3. The summed E-state index contributed by atoms with van der Waals surface area (Å²) in [4.78, 5) is 11.4. The molecule has 3 fully saturated rings. The van der Waals surface area contributed by atoms with E-state index in [-0.39, 0.29) is 11.3 Å². The fourth-order valence-corrected chi connectivity index (χ4v) is 6.43. The van der Waals surface area contributed by atoms with E-state index in [1.165, 1.54) is 51.4 Å².